The zero-order valence-corrected chi connectivity index (χ0v) is 14.5. The van der Waals surface area contributed by atoms with Gasteiger partial charge in [0.25, 0.3) is 0 Å². The first-order valence-corrected chi connectivity index (χ1v) is 8.50. The van der Waals surface area contributed by atoms with Crippen LogP contribution >= 0.6 is 0 Å². The van der Waals surface area contributed by atoms with Gasteiger partial charge in [0.1, 0.15) is 0 Å². The monoisotopic (exact) mass is 333 g/mol. The van der Waals surface area contributed by atoms with Crippen LogP contribution in [0.1, 0.15) is 32.1 Å². The van der Waals surface area contributed by atoms with Crippen LogP contribution in [-0.2, 0) is 16.1 Å². The molecule has 0 aromatic carbocycles. The lowest BCUT2D eigenvalue weighted by Gasteiger charge is -2.12. The maximum absolute atomic E-state index is 11.9. The van der Waals surface area contributed by atoms with E-state index in [-0.39, 0.29) is 0 Å². The van der Waals surface area contributed by atoms with Crippen molar-refractivity contribution in [3.8, 4) is 0 Å². The largest absolute Gasteiger partial charge is 0.348 e. The molecule has 1 aromatic rings. The first-order chi connectivity index (χ1) is 11.5. The number of hydrogen-bond donors (Lipinski definition) is 2. The molecule has 0 saturated heterocycles. The molecule has 2 N–H and O–H groups in total. The molecule has 7 nitrogen and oxygen atoms in total. The highest BCUT2D eigenvalue weighted by molar-refractivity contribution is 6.39. The van der Waals surface area contributed by atoms with Crippen LogP contribution in [0.4, 0.5) is 5.82 Å². The second-order valence-electron chi connectivity index (χ2n) is 6.34. The van der Waals surface area contributed by atoms with Crippen molar-refractivity contribution < 1.29 is 9.59 Å². The van der Waals surface area contributed by atoms with Crippen LogP contribution in [0.2, 0.25) is 0 Å². The molecule has 1 aliphatic rings. The van der Waals surface area contributed by atoms with Gasteiger partial charge in [0.05, 0.1) is 6.54 Å². The Morgan fingerprint density at radius 2 is 2.12 bits per heavy atom. The van der Waals surface area contributed by atoms with Crippen molar-refractivity contribution in [3.05, 3.63) is 23.9 Å². The van der Waals surface area contributed by atoms with Gasteiger partial charge in [-0.05, 0) is 46.2 Å². The van der Waals surface area contributed by atoms with E-state index < -0.39 is 11.8 Å². The molecule has 7 heteroatoms. The Morgan fingerprint density at radius 1 is 1.29 bits per heavy atom. The van der Waals surface area contributed by atoms with E-state index >= 15 is 0 Å². The molecular weight excluding hydrogens is 306 g/mol. The van der Waals surface area contributed by atoms with E-state index in [2.05, 4.69) is 26.7 Å². The minimum absolute atomic E-state index is 0.392. The fourth-order valence-corrected chi connectivity index (χ4v) is 2.58. The number of carbonyl (C=O) groups excluding carboxylic acids is 2. The lowest BCUT2D eigenvalue weighted by Crippen LogP contribution is -2.36. The molecule has 0 bridgehead atoms. The van der Waals surface area contributed by atoms with Crippen molar-refractivity contribution in [1.29, 1.82) is 0 Å². The number of amides is 2. The van der Waals surface area contributed by atoms with Gasteiger partial charge in [0.2, 0.25) is 0 Å². The zero-order valence-electron chi connectivity index (χ0n) is 14.5. The van der Waals surface area contributed by atoms with Crippen LogP contribution in [0.25, 0.3) is 0 Å². The number of aromatic nitrogens is 2. The molecule has 1 heterocycles. The summed E-state index contributed by atoms with van der Waals surface area (Å²) in [5.74, 6) is -0.899. The third kappa shape index (κ3) is 6.16. The van der Waals surface area contributed by atoms with Crippen molar-refractivity contribution in [2.45, 2.75) is 38.6 Å². The molecule has 0 aliphatic heterocycles. The van der Waals surface area contributed by atoms with E-state index in [0.29, 0.717) is 12.4 Å². The van der Waals surface area contributed by atoms with Gasteiger partial charge < -0.3 is 15.5 Å². The second kappa shape index (κ2) is 9.22. The van der Waals surface area contributed by atoms with Gasteiger partial charge in [-0.2, -0.15) is 5.10 Å². The maximum Gasteiger partial charge on any atom is 0.314 e. The highest BCUT2D eigenvalue weighted by Gasteiger charge is 2.14. The lowest BCUT2D eigenvalue weighted by atomic mass is 9.97. The maximum atomic E-state index is 11.9. The minimum atomic E-state index is -0.675. The van der Waals surface area contributed by atoms with E-state index in [1.807, 2.05) is 14.1 Å². The molecule has 24 heavy (non-hydrogen) atoms. The van der Waals surface area contributed by atoms with Gasteiger partial charge in [-0.15, -0.1) is 0 Å². The van der Waals surface area contributed by atoms with Crippen LogP contribution in [0, 0.1) is 0 Å². The SMILES string of the molecule is CN(C)CCn1ccc(NC(=O)C(=O)NCCC2=CCCCC2)n1. The van der Waals surface area contributed by atoms with Crippen molar-refractivity contribution >= 4 is 17.6 Å². The Hall–Kier alpha value is -2.15. The predicted octanol–water partition coefficient (Wildman–Crippen LogP) is 1.39. The Bertz CT molecular complexity index is 592. The molecule has 132 valence electrons. The molecule has 1 aromatic heterocycles. The lowest BCUT2D eigenvalue weighted by molar-refractivity contribution is -0.136. The summed E-state index contributed by atoms with van der Waals surface area (Å²) in [5.41, 5.74) is 1.38. The molecule has 2 rings (SSSR count). The van der Waals surface area contributed by atoms with Gasteiger partial charge in [-0.3, -0.25) is 14.3 Å². The minimum Gasteiger partial charge on any atom is -0.348 e. The Morgan fingerprint density at radius 3 is 2.83 bits per heavy atom. The summed E-state index contributed by atoms with van der Waals surface area (Å²) in [6.45, 7) is 2.07. The first kappa shape index (κ1) is 18.2. The van der Waals surface area contributed by atoms with Crippen LogP contribution in [-0.4, -0.2) is 53.7 Å². The molecule has 0 spiro atoms. The quantitative estimate of drug-likeness (QED) is 0.584. The van der Waals surface area contributed by atoms with E-state index in [1.54, 1.807) is 16.9 Å². The summed E-state index contributed by atoms with van der Waals surface area (Å²) in [5, 5.41) is 9.42. The van der Waals surface area contributed by atoms with Gasteiger partial charge in [0, 0.05) is 25.4 Å². The number of allylic oxidation sites excluding steroid dienone is 1. The fourth-order valence-electron chi connectivity index (χ4n) is 2.58. The zero-order chi connectivity index (χ0) is 17.4. The van der Waals surface area contributed by atoms with Gasteiger partial charge >= 0.3 is 11.8 Å². The smallest absolute Gasteiger partial charge is 0.314 e. The highest BCUT2D eigenvalue weighted by Crippen LogP contribution is 2.19. The molecule has 0 radical (unpaired) electrons. The summed E-state index contributed by atoms with van der Waals surface area (Å²) in [4.78, 5) is 25.8. The number of rotatable bonds is 7. The average Bonchev–Trinajstić information content (AvgIpc) is 3.01. The Labute approximate surface area is 143 Å². The third-order valence-electron chi connectivity index (χ3n) is 3.98. The molecule has 0 fully saturated rings. The van der Waals surface area contributed by atoms with Crippen LogP contribution in [0.15, 0.2) is 23.9 Å². The van der Waals surface area contributed by atoms with Crippen molar-refractivity contribution in [3.63, 3.8) is 0 Å². The summed E-state index contributed by atoms with van der Waals surface area (Å²) in [6, 6.07) is 1.69. The number of anilines is 1. The average molecular weight is 333 g/mol. The highest BCUT2D eigenvalue weighted by atomic mass is 16.2. The van der Waals surface area contributed by atoms with Gasteiger partial charge in [-0.25, -0.2) is 0 Å². The van der Waals surface area contributed by atoms with Crippen molar-refractivity contribution in [2.24, 2.45) is 0 Å². The molecule has 0 saturated carbocycles. The predicted molar refractivity (Wildman–Crippen MR) is 93.6 cm³/mol. The standard InChI is InChI=1S/C17H27N5O2/c1-21(2)12-13-22-11-9-15(20-22)19-17(24)16(23)18-10-8-14-6-4-3-5-7-14/h6,9,11H,3-5,7-8,10,12-13H2,1-2H3,(H,18,23)(H,19,20,24). The fraction of sp³-hybridized carbons (Fsp3) is 0.588. The van der Waals surface area contributed by atoms with Gasteiger partial charge in [0.15, 0.2) is 5.82 Å². The summed E-state index contributed by atoms with van der Waals surface area (Å²) < 4.78 is 1.74. The molecular formula is C17H27N5O2. The third-order valence-corrected chi connectivity index (χ3v) is 3.98. The van der Waals surface area contributed by atoms with Crippen LogP contribution in [0.3, 0.4) is 0 Å². The van der Waals surface area contributed by atoms with Gasteiger partial charge in [-0.1, -0.05) is 11.6 Å². The van der Waals surface area contributed by atoms with E-state index in [1.165, 1.54) is 18.4 Å². The molecule has 0 unspecified atom stereocenters. The Balaban J connectivity index is 1.71. The van der Waals surface area contributed by atoms with Crippen molar-refractivity contribution in [2.75, 3.05) is 32.5 Å². The first-order valence-electron chi connectivity index (χ1n) is 8.50. The normalized spacial score (nSPS) is 14.4. The summed E-state index contributed by atoms with van der Waals surface area (Å²) in [7, 11) is 3.97. The van der Waals surface area contributed by atoms with E-state index in [4.69, 9.17) is 0 Å². The topological polar surface area (TPSA) is 79.3 Å². The van der Waals surface area contributed by atoms with Crippen molar-refractivity contribution in [1.82, 2.24) is 20.0 Å². The number of likely N-dealkylation sites (N-methyl/N-ethyl adjacent to an activating group) is 1. The Kier molecular flexibility index (Phi) is 6.99. The molecule has 0 atom stereocenters. The van der Waals surface area contributed by atoms with E-state index in [0.717, 1.165) is 32.4 Å². The second-order valence-corrected chi connectivity index (χ2v) is 6.34. The summed E-state index contributed by atoms with van der Waals surface area (Å²) >= 11 is 0. The molecule has 2 amide bonds. The van der Waals surface area contributed by atoms with E-state index in [9.17, 15) is 9.59 Å². The summed E-state index contributed by atoms with van der Waals surface area (Å²) in [6.07, 6.45) is 9.55. The number of nitrogens with zero attached hydrogens (tertiary/aromatic N) is 3. The number of hydrogen-bond acceptors (Lipinski definition) is 4. The van der Waals surface area contributed by atoms with Crippen LogP contribution < -0.4 is 10.6 Å². The number of nitrogens with one attached hydrogen (secondary N) is 2. The number of carbonyl (C=O) groups is 2. The van der Waals surface area contributed by atoms with Crippen LogP contribution in [0.5, 0.6) is 0 Å². The molecule has 1 aliphatic carbocycles.